The van der Waals surface area contributed by atoms with E-state index in [4.69, 9.17) is 9.84 Å². The van der Waals surface area contributed by atoms with Gasteiger partial charge in [0.25, 0.3) is 5.91 Å². The van der Waals surface area contributed by atoms with Crippen LogP contribution in [0, 0.1) is 0 Å². The number of nitrogens with zero attached hydrogens (tertiary/aromatic N) is 1. The normalized spacial score (nSPS) is 17.3. The van der Waals surface area contributed by atoms with Gasteiger partial charge >= 0.3 is 0 Å². The topological polar surface area (TPSA) is 87.1 Å². The molecule has 1 heterocycles. The molecule has 0 fully saturated rings. The summed E-state index contributed by atoms with van der Waals surface area (Å²) < 4.78 is 5.43. The minimum absolute atomic E-state index is 0.102. The van der Waals surface area contributed by atoms with Gasteiger partial charge in [-0.25, -0.2) is 0 Å². The first-order chi connectivity index (χ1) is 12.0. The number of aliphatic hydroxyl groups is 2. The molecule has 0 spiro atoms. The molecule has 2 N–H and O–H groups in total. The summed E-state index contributed by atoms with van der Waals surface area (Å²) in [7, 11) is 0. The maximum atomic E-state index is 12.5. The van der Waals surface area contributed by atoms with Crippen LogP contribution in [0.1, 0.15) is 44.7 Å². The highest BCUT2D eigenvalue weighted by Gasteiger charge is 2.42. The third-order valence-electron chi connectivity index (χ3n) is 4.21. The molecule has 1 atom stereocenters. The molecule has 1 aromatic carbocycles. The maximum absolute atomic E-state index is 12.5. The predicted octanol–water partition coefficient (Wildman–Crippen LogP) is 2.53. The van der Waals surface area contributed by atoms with Gasteiger partial charge in [-0.3, -0.25) is 9.59 Å². The Morgan fingerprint density at radius 3 is 2.72 bits per heavy atom. The van der Waals surface area contributed by atoms with E-state index in [-0.39, 0.29) is 31.0 Å². The minimum Gasteiger partial charge on any atom is -0.503 e. The maximum Gasteiger partial charge on any atom is 0.290 e. The summed E-state index contributed by atoms with van der Waals surface area (Å²) in [6.45, 7) is 4.25. The molecule has 1 unspecified atom stereocenters. The number of benzene rings is 1. The second-order valence-electron chi connectivity index (χ2n) is 5.94. The third kappa shape index (κ3) is 4.02. The van der Waals surface area contributed by atoms with Crippen LogP contribution in [0.5, 0.6) is 5.75 Å². The molecule has 0 saturated carbocycles. The average Bonchev–Trinajstić information content (AvgIpc) is 2.88. The Kier molecular flexibility index (Phi) is 6.58. The molecule has 1 aliphatic rings. The molecule has 1 aliphatic heterocycles. The monoisotopic (exact) mass is 347 g/mol. The van der Waals surface area contributed by atoms with Gasteiger partial charge in [0.15, 0.2) is 11.5 Å². The zero-order valence-corrected chi connectivity index (χ0v) is 14.7. The lowest BCUT2D eigenvalue weighted by molar-refractivity contribution is -0.129. The van der Waals surface area contributed by atoms with Gasteiger partial charge in [-0.05, 0) is 24.1 Å². The second kappa shape index (κ2) is 8.67. The average molecular weight is 347 g/mol. The first-order valence-electron chi connectivity index (χ1n) is 8.66. The van der Waals surface area contributed by atoms with E-state index in [0.29, 0.717) is 17.9 Å². The molecule has 0 saturated heterocycles. The highest BCUT2D eigenvalue weighted by molar-refractivity contribution is 6.08. The Bertz CT molecular complexity index is 668. The van der Waals surface area contributed by atoms with Crippen LogP contribution >= 0.6 is 0 Å². The molecule has 0 radical (unpaired) electrons. The van der Waals surface area contributed by atoms with Crippen molar-refractivity contribution in [3.63, 3.8) is 0 Å². The van der Waals surface area contributed by atoms with Crippen LogP contribution in [0.2, 0.25) is 0 Å². The van der Waals surface area contributed by atoms with E-state index >= 15 is 0 Å². The number of carbonyl (C=O) groups is 2. The molecule has 1 amide bonds. The van der Waals surface area contributed by atoms with Crippen molar-refractivity contribution in [1.29, 1.82) is 0 Å². The lowest BCUT2D eigenvalue weighted by atomic mass is 9.95. The highest BCUT2D eigenvalue weighted by Crippen LogP contribution is 2.39. The quantitative estimate of drug-likeness (QED) is 0.717. The van der Waals surface area contributed by atoms with Gasteiger partial charge in [-0.1, -0.05) is 32.4 Å². The van der Waals surface area contributed by atoms with Crippen molar-refractivity contribution in [3.05, 3.63) is 41.2 Å². The fourth-order valence-electron chi connectivity index (χ4n) is 2.97. The number of amides is 1. The van der Waals surface area contributed by atoms with Gasteiger partial charge in [0.1, 0.15) is 12.4 Å². The van der Waals surface area contributed by atoms with Gasteiger partial charge in [-0.15, -0.1) is 0 Å². The Hall–Kier alpha value is -2.34. The molecule has 0 aromatic heterocycles. The van der Waals surface area contributed by atoms with Crippen LogP contribution < -0.4 is 4.74 Å². The van der Waals surface area contributed by atoms with Gasteiger partial charge in [-0.2, -0.15) is 0 Å². The zero-order valence-electron chi connectivity index (χ0n) is 14.7. The number of hydrogen-bond donors (Lipinski definition) is 2. The summed E-state index contributed by atoms with van der Waals surface area (Å²) in [5.41, 5.74) is 0.864. The van der Waals surface area contributed by atoms with E-state index in [2.05, 4.69) is 0 Å². The number of carbonyl (C=O) groups excluding carboxylic acids is 2. The van der Waals surface area contributed by atoms with Crippen LogP contribution in [0.4, 0.5) is 0 Å². The molecule has 136 valence electrons. The number of aliphatic hydroxyl groups excluding tert-OH is 2. The number of rotatable bonds is 9. The first-order valence-corrected chi connectivity index (χ1v) is 8.66. The molecule has 0 aliphatic carbocycles. The molecule has 0 bridgehead atoms. The molecule has 1 aromatic rings. The number of hydrogen-bond acceptors (Lipinski definition) is 5. The zero-order chi connectivity index (χ0) is 18.4. The van der Waals surface area contributed by atoms with Crippen LogP contribution in [0.25, 0.3) is 0 Å². The van der Waals surface area contributed by atoms with Gasteiger partial charge in [0.2, 0.25) is 0 Å². The fraction of sp³-hybridized carbons (Fsp3) is 0.474. The van der Waals surface area contributed by atoms with Crippen molar-refractivity contribution in [2.24, 2.45) is 0 Å². The lowest BCUT2D eigenvalue weighted by Gasteiger charge is -2.27. The summed E-state index contributed by atoms with van der Waals surface area (Å²) in [4.78, 5) is 26.4. The molecule has 25 heavy (non-hydrogen) atoms. The summed E-state index contributed by atoms with van der Waals surface area (Å²) in [6, 6.07) is 6.47. The second-order valence-corrected chi connectivity index (χ2v) is 5.94. The summed E-state index contributed by atoms with van der Waals surface area (Å²) >= 11 is 0. The molecule has 2 rings (SSSR count). The van der Waals surface area contributed by atoms with E-state index < -0.39 is 17.7 Å². The SMILES string of the molecule is CCCCN1C(=O)C(O)=C(C(=O)CC)C1c1cccc(OCCO)c1. The van der Waals surface area contributed by atoms with Gasteiger partial charge in [0, 0.05) is 13.0 Å². The standard InChI is InChI=1S/C19H25NO5/c1-3-5-9-20-17(16(15(22)4-2)18(23)19(20)24)13-7-6-8-14(12-13)25-11-10-21/h6-8,12,17,21,23H,3-5,9-11H2,1-2H3. The molecule has 6 heteroatoms. The summed E-state index contributed by atoms with van der Waals surface area (Å²) in [5, 5.41) is 19.2. The van der Waals surface area contributed by atoms with E-state index in [0.717, 1.165) is 12.8 Å². The van der Waals surface area contributed by atoms with Crippen molar-refractivity contribution in [2.45, 2.75) is 39.2 Å². The van der Waals surface area contributed by atoms with Crippen molar-refractivity contribution in [2.75, 3.05) is 19.8 Å². The number of Topliss-reactive ketones (excluding diaryl/α,β-unsaturated/α-hetero) is 1. The van der Waals surface area contributed by atoms with Gasteiger partial charge < -0.3 is 19.8 Å². The van der Waals surface area contributed by atoms with Crippen molar-refractivity contribution in [3.8, 4) is 5.75 Å². The van der Waals surface area contributed by atoms with E-state index in [9.17, 15) is 14.7 Å². The largest absolute Gasteiger partial charge is 0.503 e. The Balaban J connectivity index is 2.43. The Labute approximate surface area is 147 Å². The third-order valence-corrected chi connectivity index (χ3v) is 4.21. The number of unbranched alkanes of at least 4 members (excludes halogenated alkanes) is 1. The first kappa shape index (κ1) is 19.0. The van der Waals surface area contributed by atoms with Gasteiger partial charge in [0.05, 0.1) is 18.2 Å². The fourth-order valence-corrected chi connectivity index (χ4v) is 2.97. The van der Waals surface area contributed by atoms with Crippen molar-refractivity contribution in [1.82, 2.24) is 4.90 Å². The Morgan fingerprint density at radius 1 is 1.32 bits per heavy atom. The number of ether oxygens (including phenoxy) is 1. The van der Waals surface area contributed by atoms with Crippen LogP contribution in [-0.4, -0.2) is 46.6 Å². The van der Waals surface area contributed by atoms with Crippen molar-refractivity contribution >= 4 is 11.7 Å². The van der Waals surface area contributed by atoms with Crippen LogP contribution in [-0.2, 0) is 9.59 Å². The van der Waals surface area contributed by atoms with E-state index in [1.54, 1.807) is 30.0 Å². The van der Waals surface area contributed by atoms with Crippen LogP contribution in [0.15, 0.2) is 35.6 Å². The van der Waals surface area contributed by atoms with E-state index in [1.165, 1.54) is 0 Å². The molecular weight excluding hydrogens is 322 g/mol. The van der Waals surface area contributed by atoms with Crippen LogP contribution in [0.3, 0.4) is 0 Å². The minimum atomic E-state index is -0.607. The highest BCUT2D eigenvalue weighted by atomic mass is 16.5. The Morgan fingerprint density at radius 2 is 2.08 bits per heavy atom. The number of ketones is 1. The molecule has 6 nitrogen and oxygen atoms in total. The summed E-state index contributed by atoms with van der Waals surface area (Å²) in [5.74, 6) is -0.646. The predicted molar refractivity (Wildman–Crippen MR) is 93.3 cm³/mol. The smallest absolute Gasteiger partial charge is 0.290 e. The lowest BCUT2D eigenvalue weighted by Crippen LogP contribution is -2.32. The molecular formula is C19H25NO5. The van der Waals surface area contributed by atoms with Crippen molar-refractivity contribution < 1.29 is 24.5 Å². The van der Waals surface area contributed by atoms with E-state index in [1.807, 2.05) is 13.0 Å². The summed E-state index contributed by atoms with van der Waals surface area (Å²) in [6.07, 6.45) is 1.89.